The van der Waals surface area contributed by atoms with Crippen LogP contribution >= 0.6 is 0 Å². The molecule has 6 heteroatoms. The minimum Gasteiger partial charge on any atom is -0.352 e. The summed E-state index contributed by atoms with van der Waals surface area (Å²) in [5.41, 5.74) is 2.64. The lowest BCUT2D eigenvalue weighted by atomic mass is 9.97. The molecule has 0 aromatic heterocycles. The second kappa shape index (κ2) is 7.59. The Kier molecular flexibility index (Phi) is 5.75. The minimum atomic E-state index is -3.67. The number of carbonyl (C=O) groups is 1. The average Bonchev–Trinajstić information content (AvgIpc) is 2.54. The van der Waals surface area contributed by atoms with Crippen molar-refractivity contribution >= 4 is 15.9 Å². The second-order valence-corrected chi connectivity index (χ2v) is 7.50. The Balaban J connectivity index is 1.96. The first kappa shape index (κ1) is 18.2. The van der Waals surface area contributed by atoms with Crippen molar-refractivity contribution in [3.63, 3.8) is 0 Å². The number of sulfonamides is 1. The van der Waals surface area contributed by atoms with Crippen molar-refractivity contribution in [3.8, 4) is 0 Å². The van der Waals surface area contributed by atoms with Crippen LogP contribution in [0.2, 0.25) is 0 Å². The van der Waals surface area contributed by atoms with Gasteiger partial charge in [0.15, 0.2) is 0 Å². The number of hydrogen-bond donors (Lipinski definition) is 2. The molecule has 0 fully saturated rings. The summed E-state index contributed by atoms with van der Waals surface area (Å²) in [6.07, 6.45) is 0.612. The van der Waals surface area contributed by atoms with E-state index in [1.54, 1.807) is 12.1 Å². The van der Waals surface area contributed by atoms with Crippen molar-refractivity contribution < 1.29 is 13.2 Å². The lowest BCUT2D eigenvalue weighted by molar-refractivity contribution is 0.0953. The molecule has 2 rings (SSSR count). The molecule has 0 aliphatic heterocycles. The predicted molar refractivity (Wildman–Crippen MR) is 94.4 cm³/mol. The van der Waals surface area contributed by atoms with E-state index >= 15 is 0 Å². The van der Waals surface area contributed by atoms with Gasteiger partial charge in [-0.3, -0.25) is 4.79 Å². The molecule has 0 saturated heterocycles. The third kappa shape index (κ3) is 4.66. The number of amides is 1. The number of hydrogen-bond acceptors (Lipinski definition) is 3. The molecule has 0 radical (unpaired) electrons. The highest BCUT2D eigenvalue weighted by Crippen LogP contribution is 2.19. The van der Waals surface area contributed by atoms with Gasteiger partial charge in [0, 0.05) is 12.1 Å². The predicted octanol–water partition coefficient (Wildman–Crippen LogP) is 2.43. The minimum absolute atomic E-state index is 0.0844. The van der Waals surface area contributed by atoms with Crippen molar-refractivity contribution in [1.82, 2.24) is 5.32 Å². The molecule has 0 bridgehead atoms. The largest absolute Gasteiger partial charge is 0.352 e. The third-order valence-electron chi connectivity index (χ3n) is 3.78. The first-order chi connectivity index (χ1) is 11.3. The van der Waals surface area contributed by atoms with E-state index in [4.69, 9.17) is 5.14 Å². The standard InChI is InChI=1S/C18H22N2O3S/c1-13(2)16-5-3-4-6-17(16)18(21)20-12-11-14-7-9-15(10-8-14)24(19,22)23/h3-10,13H,11-12H2,1-2H3,(H,20,21)(H2,19,22,23). The Bertz CT molecular complexity index is 812. The molecular formula is C18H22N2O3S. The Morgan fingerprint density at radius 3 is 2.29 bits per heavy atom. The number of benzene rings is 2. The highest BCUT2D eigenvalue weighted by molar-refractivity contribution is 7.89. The maximum atomic E-state index is 12.3. The van der Waals surface area contributed by atoms with Crippen molar-refractivity contribution in [2.24, 2.45) is 5.14 Å². The molecule has 128 valence electrons. The molecule has 0 spiro atoms. The van der Waals surface area contributed by atoms with Gasteiger partial charge in [-0.2, -0.15) is 0 Å². The van der Waals surface area contributed by atoms with Crippen molar-refractivity contribution in [2.75, 3.05) is 6.54 Å². The first-order valence-electron chi connectivity index (χ1n) is 7.78. The zero-order chi connectivity index (χ0) is 17.7. The van der Waals surface area contributed by atoms with Crippen LogP contribution in [-0.4, -0.2) is 20.9 Å². The molecule has 24 heavy (non-hydrogen) atoms. The van der Waals surface area contributed by atoms with E-state index in [0.717, 1.165) is 11.1 Å². The van der Waals surface area contributed by atoms with Crippen LogP contribution in [-0.2, 0) is 16.4 Å². The van der Waals surface area contributed by atoms with Gasteiger partial charge in [-0.05, 0) is 41.7 Å². The van der Waals surface area contributed by atoms with Gasteiger partial charge in [0.05, 0.1) is 4.90 Å². The number of nitrogens with one attached hydrogen (secondary N) is 1. The van der Waals surface area contributed by atoms with E-state index in [1.807, 2.05) is 24.3 Å². The van der Waals surface area contributed by atoms with E-state index in [-0.39, 0.29) is 16.7 Å². The van der Waals surface area contributed by atoms with Gasteiger partial charge in [-0.1, -0.05) is 44.2 Å². The first-order valence-corrected chi connectivity index (χ1v) is 9.32. The topological polar surface area (TPSA) is 89.3 Å². The van der Waals surface area contributed by atoms with Crippen LogP contribution in [0.5, 0.6) is 0 Å². The van der Waals surface area contributed by atoms with Crippen molar-refractivity contribution in [2.45, 2.75) is 31.1 Å². The highest BCUT2D eigenvalue weighted by Gasteiger charge is 2.12. The van der Waals surface area contributed by atoms with Crippen LogP contribution < -0.4 is 10.5 Å². The van der Waals surface area contributed by atoms with Gasteiger partial charge in [-0.25, -0.2) is 13.6 Å². The molecule has 0 saturated carbocycles. The Morgan fingerprint density at radius 1 is 1.08 bits per heavy atom. The molecule has 1 amide bonds. The zero-order valence-corrected chi connectivity index (χ0v) is 14.6. The summed E-state index contributed by atoms with van der Waals surface area (Å²) in [6, 6.07) is 13.9. The summed E-state index contributed by atoms with van der Waals surface area (Å²) >= 11 is 0. The smallest absolute Gasteiger partial charge is 0.251 e. The van der Waals surface area contributed by atoms with E-state index < -0.39 is 10.0 Å². The van der Waals surface area contributed by atoms with Crippen LogP contribution in [0, 0.1) is 0 Å². The Morgan fingerprint density at radius 2 is 1.71 bits per heavy atom. The molecule has 0 heterocycles. The van der Waals surface area contributed by atoms with Crippen LogP contribution in [0.4, 0.5) is 0 Å². The number of carbonyl (C=O) groups excluding carboxylic acids is 1. The van der Waals surface area contributed by atoms with Crippen LogP contribution in [0.3, 0.4) is 0 Å². The Labute approximate surface area is 142 Å². The fourth-order valence-electron chi connectivity index (χ4n) is 2.47. The summed E-state index contributed by atoms with van der Waals surface area (Å²) in [7, 11) is -3.67. The summed E-state index contributed by atoms with van der Waals surface area (Å²) in [6.45, 7) is 4.58. The van der Waals surface area contributed by atoms with Gasteiger partial charge in [-0.15, -0.1) is 0 Å². The second-order valence-electron chi connectivity index (χ2n) is 5.94. The molecule has 0 aliphatic carbocycles. The number of rotatable bonds is 6. The molecule has 5 nitrogen and oxygen atoms in total. The lowest BCUT2D eigenvalue weighted by Gasteiger charge is -2.12. The van der Waals surface area contributed by atoms with E-state index in [0.29, 0.717) is 18.5 Å². The normalized spacial score (nSPS) is 11.5. The van der Waals surface area contributed by atoms with Crippen molar-refractivity contribution in [3.05, 3.63) is 65.2 Å². The van der Waals surface area contributed by atoms with Crippen LogP contribution in [0.25, 0.3) is 0 Å². The zero-order valence-electron chi connectivity index (χ0n) is 13.8. The quantitative estimate of drug-likeness (QED) is 0.842. The molecule has 3 N–H and O–H groups in total. The molecule has 0 unspecified atom stereocenters. The maximum absolute atomic E-state index is 12.3. The summed E-state index contributed by atoms with van der Waals surface area (Å²) < 4.78 is 22.4. The number of primary sulfonamides is 1. The van der Waals surface area contributed by atoms with E-state index in [9.17, 15) is 13.2 Å². The number of nitrogens with two attached hydrogens (primary N) is 1. The molecule has 2 aromatic carbocycles. The summed E-state index contributed by atoms with van der Waals surface area (Å²) in [5, 5.41) is 7.97. The van der Waals surface area contributed by atoms with Gasteiger partial charge in [0.2, 0.25) is 10.0 Å². The van der Waals surface area contributed by atoms with Gasteiger partial charge >= 0.3 is 0 Å². The van der Waals surface area contributed by atoms with Gasteiger partial charge in [0.1, 0.15) is 0 Å². The molecule has 0 atom stereocenters. The third-order valence-corrected chi connectivity index (χ3v) is 4.71. The summed E-state index contributed by atoms with van der Waals surface area (Å²) in [5.74, 6) is 0.179. The average molecular weight is 346 g/mol. The van der Waals surface area contributed by atoms with E-state index in [2.05, 4.69) is 19.2 Å². The SMILES string of the molecule is CC(C)c1ccccc1C(=O)NCCc1ccc(S(N)(=O)=O)cc1. The van der Waals surface area contributed by atoms with Gasteiger partial charge in [0.25, 0.3) is 5.91 Å². The van der Waals surface area contributed by atoms with E-state index in [1.165, 1.54) is 12.1 Å². The highest BCUT2D eigenvalue weighted by atomic mass is 32.2. The maximum Gasteiger partial charge on any atom is 0.251 e. The van der Waals surface area contributed by atoms with Crippen LogP contribution in [0.1, 0.15) is 41.3 Å². The summed E-state index contributed by atoms with van der Waals surface area (Å²) in [4.78, 5) is 12.4. The lowest BCUT2D eigenvalue weighted by Crippen LogP contribution is -2.26. The molecular weight excluding hydrogens is 324 g/mol. The fraction of sp³-hybridized carbons (Fsp3) is 0.278. The van der Waals surface area contributed by atoms with Gasteiger partial charge < -0.3 is 5.32 Å². The Hall–Kier alpha value is -2.18. The molecule has 0 aliphatic rings. The molecule has 2 aromatic rings. The fourth-order valence-corrected chi connectivity index (χ4v) is 2.98. The van der Waals surface area contributed by atoms with Crippen molar-refractivity contribution in [1.29, 1.82) is 0 Å². The van der Waals surface area contributed by atoms with Crippen LogP contribution in [0.15, 0.2) is 53.4 Å². The monoisotopic (exact) mass is 346 g/mol.